The molecule has 2 atom stereocenters. The number of nitrogens with zero attached hydrogens (tertiary/aromatic N) is 2. The van der Waals surface area contributed by atoms with E-state index in [1.54, 1.807) is 27.7 Å². The Morgan fingerprint density at radius 2 is 0.732 bits per heavy atom. The van der Waals surface area contributed by atoms with Crippen LogP contribution in [0.1, 0.15) is 61.8 Å². The average molecular weight is 755 g/mol. The first-order valence-corrected chi connectivity index (χ1v) is 18.2. The number of ether oxygens (including phenoxy) is 4. The highest BCUT2D eigenvalue weighted by atomic mass is 16.6. The molecule has 4 aromatic rings. The fourth-order valence-electron chi connectivity index (χ4n) is 5.88. The lowest BCUT2D eigenvalue weighted by Crippen LogP contribution is -2.32. The minimum Gasteiger partial charge on any atom is -0.464 e. The molecule has 56 heavy (non-hydrogen) atoms. The first-order chi connectivity index (χ1) is 26.8. The van der Waals surface area contributed by atoms with Gasteiger partial charge in [0.1, 0.15) is 0 Å². The van der Waals surface area contributed by atoms with Gasteiger partial charge in [0.2, 0.25) is 0 Å². The van der Waals surface area contributed by atoms with Crippen molar-refractivity contribution in [2.45, 2.75) is 39.5 Å². The van der Waals surface area contributed by atoms with Crippen LogP contribution in [0.3, 0.4) is 0 Å². The Hall–Kier alpha value is -6.52. The number of carbonyl (C=O) groups excluding carboxylic acids is 4. The van der Waals surface area contributed by atoms with Crippen molar-refractivity contribution in [3.8, 4) is 12.1 Å². The second-order valence-corrected chi connectivity index (χ2v) is 14.9. The third-order valence-electron chi connectivity index (χ3n) is 8.86. The number of esters is 4. The van der Waals surface area contributed by atoms with E-state index in [9.17, 15) is 29.7 Å². The molecule has 0 bridgehead atoms. The van der Waals surface area contributed by atoms with Gasteiger partial charge in [-0.05, 0) is 22.3 Å². The molecule has 0 amide bonds. The van der Waals surface area contributed by atoms with E-state index in [-0.39, 0.29) is 26.4 Å². The Labute approximate surface area is 328 Å². The second kappa shape index (κ2) is 20.2. The first-order valence-electron chi connectivity index (χ1n) is 18.2. The monoisotopic (exact) mass is 754 g/mol. The van der Waals surface area contributed by atoms with Gasteiger partial charge < -0.3 is 18.9 Å². The van der Waals surface area contributed by atoms with Gasteiger partial charge >= 0.3 is 23.9 Å². The molecular formula is C46H46N2O8. The molecule has 0 N–H and O–H groups in total. The van der Waals surface area contributed by atoms with Crippen LogP contribution in [0.25, 0.3) is 0 Å². The molecule has 10 nitrogen and oxygen atoms in total. The number of carbonyl (C=O) groups is 4. The smallest absolute Gasteiger partial charge is 0.331 e. The van der Waals surface area contributed by atoms with Crippen LogP contribution in [0.15, 0.2) is 133 Å². The van der Waals surface area contributed by atoms with E-state index in [4.69, 9.17) is 18.9 Å². The predicted molar refractivity (Wildman–Crippen MR) is 208 cm³/mol. The van der Waals surface area contributed by atoms with Gasteiger partial charge in [0.05, 0.1) is 38.6 Å². The fourth-order valence-corrected chi connectivity index (χ4v) is 5.88. The van der Waals surface area contributed by atoms with Crippen LogP contribution in [0, 0.1) is 45.3 Å². The van der Waals surface area contributed by atoms with Crippen LogP contribution in [0.2, 0.25) is 0 Å². The minimum absolute atomic E-state index is 0.132. The van der Waals surface area contributed by atoms with E-state index < -0.39 is 58.4 Å². The normalized spacial score (nSPS) is 12.6. The first kappa shape index (κ1) is 42.2. The van der Waals surface area contributed by atoms with E-state index in [1.165, 1.54) is 0 Å². The fraction of sp³-hybridized carbons (Fsp3) is 0.304. The largest absolute Gasteiger partial charge is 0.464 e. The molecule has 4 aromatic carbocycles. The minimum atomic E-state index is -1.12. The number of hydrogen-bond acceptors (Lipinski definition) is 10. The van der Waals surface area contributed by atoms with Crippen molar-refractivity contribution in [1.82, 2.24) is 0 Å². The van der Waals surface area contributed by atoms with E-state index >= 15 is 0 Å². The van der Waals surface area contributed by atoms with E-state index in [2.05, 4.69) is 12.1 Å². The van der Waals surface area contributed by atoms with Gasteiger partial charge in [-0.2, -0.15) is 10.5 Å². The summed E-state index contributed by atoms with van der Waals surface area (Å²) in [5.41, 5.74) is 1.56. The maximum Gasteiger partial charge on any atom is 0.331 e. The summed E-state index contributed by atoms with van der Waals surface area (Å²) in [7, 11) is 0. The summed E-state index contributed by atoms with van der Waals surface area (Å²) in [6.45, 7) is 6.38. The Balaban J connectivity index is 1.24. The van der Waals surface area contributed by atoms with Crippen molar-refractivity contribution in [2.75, 3.05) is 26.4 Å². The maximum atomic E-state index is 13.3. The number of benzene rings is 4. The lowest BCUT2D eigenvalue weighted by atomic mass is 9.81. The van der Waals surface area contributed by atoms with Crippen LogP contribution < -0.4 is 0 Å². The van der Waals surface area contributed by atoms with Crippen LogP contribution in [0.4, 0.5) is 0 Å². The quantitative estimate of drug-likeness (QED) is 0.0561. The van der Waals surface area contributed by atoms with Crippen LogP contribution >= 0.6 is 0 Å². The van der Waals surface area contributed by atoms with Crippen molar-refractivity contribution in [2.24, 2.45) is 22.7 Å². The maximum absolute atomic E-state index is 13.3. The molecule has 0 saturated heterocycles. The zero-order valence-corrected chi connectivity index (χ0v) is 32.0. The van der Waals surface area contributed by atoms with Crippen molar-refractivity contribution in [3.63, 3.8) is 0 Å². The highest BCUT2D eigenvalue weighted by Gasteiger charge is 2.35. The summed E-state index contributed by atoms with van der Waals surface area (Å²) < 4.78 is 21.8. The van der Waals surface area contributed by atoms with E-state index in [1.807, 2.05) is 121 Å². The Kier molecular flexibility index (Phi) is 15.3. The molecule has 288 valence electrons. The highest BCUT2D eigenvalue weighted by molar-refractivity contribution is 5.91. The van der Waals surface area contributed by atoms with E-state index in [0.717, 1.165) is 34.4 Å². The van der Waals surface area contributed by atoms with Crippen LogP contribution in [-0.2, 0) is 38.1 Å². The third-order valence-corrected chi connectivity index (χ3v) is 8.86. The number of rotatable bonds is 18. The summed E-state index contributed by atoms with van der Waals surface area (Å²) in [6, 6.07) is 41.3. The lowest BCUT2D eigenvalue weighted by Gasteiger charge is -2.26. The molecule has 0 saturated carbocycles. The molecule has 10 heteroatoms. The number of nitriles is 2. The van der Waals surface area contributed by atoms with Gasteiger partial charge in [0.15, 0.2) is 11.8 Å². The van der Waals surface area contributed by atoms with Gasteiger partial charge in [-0.15, -0.1) is 0 Å². The van der Waals surface area contributed by atoms with Gasteiger partial charge in [0, 0.05) is 34.8 Å². The summed E-state index contributed by atoms with van der Waals surface area (Å²) in [5.74, 6) is -6.35. The third kappa shape index (κ3) is 12.5. The molecule has 0 aliphatic carbocycles. The molecule has 0 aromatic heterocycles. The molecule has 0 aliphatic rings. The molecular weight excluding hydrogens is 709 g/mol. The number of hydrogen-bond donors (Lipinski definition) is 0. The molecule has 0 spiro atoms. The zero-order valence-electron chi connectivity index (χ0n) is 32.0. The lowest BCUT2D eigenvalue weighted by molar-refractivity contribution is -0.154. The van der Waals surface area contributed by atoms with Gasteiger partial charge in [-0.25, -0.2) is 9.59 Å². The topological polar surface area (TPSA) is 153 Å². The van der Waals surface area contributed by atoms with Crippen molar-refractivity contribution >= 4 is 23.9 Å². The van der Waals surface area contributed by atoms with Crippen molar-refractivity contribution < 1.29 is 38.1 Å². The SMILES string of the molecule is CC(C)(COC(=O)C=CC(=O)OCC(C)(C)COC(=O)C(C#N)C(c1ccccc1)c1ccccc1)COC(=O)C(C#N)C(c1ccccc1)c1ccccc1. The van der Waals surface area contributed by atoms with Gasteiger partial charge in [-0.3, -0.25) is 9.59 Å². The Morgan fingerprint density at radius 1 is 0.482 bits per heavy atom. The summed E-state index contributed by atoms with van der Waals surface area (Å²) >= 11 is 0. The summed E-state index contributed by atoms with van der Waals surface area (Å²) in [6.07, 6.45) is 1.86. The predicted octanol–water partition coefficient (Wildman–Crippen LogP) is 7.71. The molecule has 0 radical (unpaired) electrons. The Bertz CT molecular complexity index is 1790. The van der Waals surface area contributed by atoms with E-state index in [0.29, 0.717) is 0 Å². The standard InChI is InChI=1S/C46H46N2O8/c1-45(2,31-55-43(51)37(27-47)41(33-17-9-5-10-18-33)34-19-11-6-12-20-34)29-53-39(49)25-26-40(50)54-30-46(3,4)32-56-44(52)38(28-48)42(35-21-13-7-14-22-35)36-23-15-8-16-24-36/h5-26,37-38,41-42H,29-32H2,1-4H3. The summed E-state index contributed by atoms with van der Waals surface area (Å²) in [4.78, 5) is 51.5. The van der Waals surface area contributed by atoms with Gasteiger partial charge in [-0.1, -0.05) is 149 Å². The molecule has 0 fully saturated rings. The van der Waals surface area contributed by atoms with Gasteiger partial charge in [0.25, 0.3) is 0 Å². The van der Waals surface area contributed by atoms with Crippen LogP contribution in [-0.4, -0.2) is 50.3 Å². The molecule has 0 aliphatic heterocycles. The Morgan fingerprint density at radius 3 is 0.982 bits per heavy atom. The molecule has 4 rings (SSSR count). The highest BCUT2D eigenvalue weighted by Crippen LogP contribution is 2.34. The average Bonchev–Trinajstić information content (AvgIpc) is 3.22. The zero-order chi connectivity index (χ0) is 40.6. The van der Waals surface area contributed by atoms with Crippen molar-refractivity contribution in [1.29, 1.82) is 10.5 Å². The second-order valence-electron chi connectivity index (χ2n) is 14.9. The van der Waals surface area contributed by atoms with Crippen LogP contribution in [0.5, 0.6) is 0 Å². The summed E-state index contributed by atoms with van der Waals surface area (Å²) in [5, 5.41) is 20.1. The van der Waals surface area contributed by atoms with Crippen molar-refractivity contribution in [3.05, 3.63) is 156 Å². The molecule has 2 unspecified atom stereocenters. The molecule has 0 heterocycles.